The second-order valence-corrected chi connectivity index (χ2v) is 15.3. The van der Waals surface area contributed by atoms with Crippen LogP contribution in [0.2, 0.25) is 0 Å². The van der Waals surface area contributed by atoms with Crippen LogP contribution in [0.4, 0.5) is 4.79 Å². The summed E-state index contributed by atoms with van der Waals surface area (Å²) in [5, 5.41) is 2.62. The third-order valence-corrected chi connectivity index (χ3v) is 14.5. The van der Waals surface area contributed by atoms with E-state index in [9.17, 15) is 18.0 Å². The van der Waals surface area contributed by atoms with E-state index in [4.69, 9.17) is 14.0 Å². The summed E-state index contributed by atoms with van der Waals surface area (Å²) in [5.41, 5.74) is 6.08. The number of fused-ring (bicyclic) bond motifs is 2. The van der Waals surface area contributed by atoms with E-state index in [0.29, 0.717) is 21.5 Å². The molecule has 11 heteroatoms. The van der Waals surface area contributed by atoms with Gasteiger partial charge in [-0.1, -0.05) is 0 Å². The van der Waals surface area contributed by atoms with Crippen LogP contribution < -0.4 is 21.6 Å². The van der Waals surface area contributed by atoms with Crippen molar-refractivity contribution in [2.75, 3.05) is 6.54 Å². The summed E-state index contributed by atoms with van der Waals surface area (Å²) in [7, 11) is -4.94. The summed E-state index contributed by atoms with van der Waals surface area (Å²) in [6, 6.07) is 24.9. The van der Waals surface area contributed by atoms with E-state index in [0.717, 1.165) is 5.06 Å². The molecule has 2 bridgehead atoms. The van der Waals surface area contributed by atoms with Crippen molar-refractivity contribution in [1.29, 1.82) is 0 Å². The minimum absolute atomic E-state index is 0.0544. The Balaban J connectivity index is 1.70. The average molecular weight is 580 g/mol. The summed E-state index contributed by atoms with van der Waals surface area (Å²) in [6.45, 7) is -0.904. The third kappa shape index (κ3) is 4.33. The van der Waals surface area contributed by atoms with E-state index in [-0.39, 0.29) is 6.54 Å². The van der Waals surface area contributed by atoms with E-state index in [1.807, 2.05) is 91.0 Å². The molecule has 0 radical (unpaired) electrons. The predicted molar refractivity (Wildman–Crippen MR) is 156 cm³/mol. The molecule has 1 saturated heterocycles. The molecule has 2 atom stereocenters. The predicted octanol–water partition coefficient (Wildman–Crippen LogP) is 3.08. The monoisotopic (exact) mass is 579 g/mol. The third-order valence-electron chi connectivity index (χ3n) is 7.32. The normalized spacial score (nSPS) is 20.3. The number of carbonyl (C=O) groups excluding carboxylic acids is 2. The number of urea groups is 1. The number of hydroxylamine groups is 2. The fourth-order valence-electron chi connectivity index (χ4n) is 5.55. The number of nitrogens with zero attached hydrogens (tertiary/aromatic N) is 2. The zero-order chi connectivity index (χ0) is 28.6. The molecule has 0 aliphatic carbocycles. The number of nitrogens with two attached hydrogens (primary N) is 1. The van der Waals surface area contributed by atoms with Gasteiger partial charge in [0, 0.05) is 0 Å². The number of rotatable bonds is 9. The van der Waals surface area contributed by atoms with Gasteiger partial charge in [-0.2, -0.15) is 0 Å². The van der Waals surface area contributed by atoms with Crippen molar-refractivity contribution in [3.05, 3.63) is 115 Å². The van der Waals surface area contributed by atoms with Crippen LogP contribution in [-0.4, -0.2) is 48.9 Å². The fourth-order valence-corrected chi connectivity index (χ4v) is 13.0. The maximum absolute atomic E-state index is 14.1. The quantitative estimate of drug-likeness (QED) is 0.308. The van der Waals surface area contributed by atoms with Gasteiger partial charge in [0.15, 0.2) is 0 Å². The molecule has 5 rings (SSSR count). The van der Waals surface area contributed by atoms with Gasteiger partial charge in [-0.25, -0.2) is 0 Å². The summed E-state index contributed by atoms with van der Waals surface area (Å²) in [4.78, 5) is 26.4. The number of hydrogen-bond donors (Lipinski definition) is 1. The first kappa shape index (κ1) is 27.7. The molecule has 3 aromatic carbocycles. The Kier molecular flexibility index (Phi) is 7.14. The second kappa shape index (κ2) is 10.3. The zero-order valence-electron chi connectivity index (χ0n) is 22.0. The molecule has 2 N–H and O–H groups in total. The number of hydrogen-bond acceptors (Lipinski definition) is 6. The van der Waals surface area contributed by atoms with Gasteiger partial charge in [0.2, 0.25) is 0 Å². The van der Waals surface area contributed by atoms with E-state index in [1.54, 1.807) is 31.8 Å². The van der Waals surface area contributed by atoms with Crippen LogP contribution in [0.25, 0.3) is 0 Å². The summed E-state index contributed by atoms with van der Waals surface area (Å²) in [6.07, 6.45) is 3.31. The van der Waals surface area contributed by atoms with Gasteiger partial charge in [0.1, 0.15) is 0 Å². The fraction of sp³-hybridized carbons (Fsp3) is 0.172. The van der Waals surface area contributed by atoms with Gasteiger partial charge in [0.25, 0.3) is 0 Å². The zero-order valence-corrected chi connectivity index (χ0v) is 23.7. The van der Waals surface area contributed by atoms with Crippen molar-refractivity contribution >= 4 is 45.1 Å². The van der Waals surface area contributed by atoms with Gasteiger partial charge in [-0.15, -0.1) is 0 Å². The topological polar surface area (TPSA) is 119 Å². The molecule has 0 aromatic heterocycles. The molecule has 2 aliphatic rings. The molecule has 3 aromatic rings. The van der Waals surface area contributed by atoms with Gasteiger partial charge in [-0.3, -0.25) is 0 Å². The Bertz CT molecular complexity index is 1500. The molecule has 40 heavy (non-hydrogen) atoms. The van der Waals surface area contributed by atoms with Gasteiger partial charge >= 0.3 is 234 Å². The molecular weight excluding hydrogens is 549 g/mol. The van der Waals surface area contributed by atoms with Crippen LogP contribution in [0.3, 0.4) is 0 Å². The SMILES string of the molecule is C/C=C/P(OS(=O)(=O)ON1C(=O)N2C[C@H]1C(C)=C[C@H]2C(N)=O)(c1ccccc1)(c1ccccc1)c1ccccc1. The number of benzene rings is 3. The molecule has 3 amide bonds. The van der Waals surface area contributed by atoms with Crippen LogP contribution >= 0.6 is 6.83 Å². The Labute approximate surface area is 233 Å². The van der Waals surface area contributed by atoms with Crippen molar-refractivity contribution in [2.45, 2.75) is 25.9 Å². The van der Waals surface area contributed by atoms with Crippen LogP contribution in [0.5, 0.6) is 0 Å². The molecule has 0 spiro atoms. The molecule has 2 aliphatic heterocycles. The molecule has 208 valence electrons. The first-order valence-corrected chi connectivity index (χ1v) is 16.2. The number of carbonyl (C=O) groups is 2. The van der Waals surface area contributed by atoms with Crippen LogP contribution in [0.1, 0.15) is 13.8 Å². The van der Waals surface area contributed by atoms with E-state index in [2.05, 4.69) is 0 Å². The molecule has 0 unspecified atom stereocenters. The molecular formula is C29H30N3O6PS. The maximum atomic E-state index is 14.1. The van der Waals surface area contributed by atoms with E-state index < -0.39 is 41.3 Å². The van der Waals surface area contributed by atoms with E-state index >= 15 is 0 Å². The first-order valence-electron chi connectivity index (χ1n) is 12.7. The van der Waals surface area contributed by atoms with Crippen molar-refractivity contribution in [2.24, 2.45) is 5.73 Å². The Morgan fingerprint density at radius 1 is 0.925 bits per heavy atom. The Morgan fingerprint density at radius 3 is 1.82 bits per heavy atom. The van der Waals surface area contributed by atoms with Crippen LogP contribution in [0.15, 0.2) is 115 Å². The van der Waals surface area contributed by atoms with Crippen LogP contribution in [-0.2, 0) is 23.4 Å². The number of allylic oxidation sites excluding steroid dienone is 1. The second-order valence-electron chi connectivity index (χ2n) is 9.68. The number of primary amides is 1. The minimum atomic E-state index is -4.94. The van der Waals surface area contributed by atoms with Crippen molar-refractivity contribution in [3.8, 4) is 0 Å². The van der Waals surface area contributed by atoms with Gasteiger partial charge in [0.05, 0.1) is 0 Å². The average Bonchev–Trinajstić information content (AvgIpc) is 3.22. The molecule has 9 nitrogen and oxygen atoms in total. The van der Waals surface area contributed by atoms with Crippen molar-refractivity contribution in [3.63, 3.8) is 0 Å². The first-order chi connectivity index (χ1) is 19.1. The van der Waals surface area contributed by atoms with Crippen LogP contribution in [0, 0.1) is 0 Å². The summed E-state index contributed by atoms with van der Waals surface area (Å²) >= 11 is 0. The van der Waals surface area contributed by atoms with Gasteiger partial charge < -0.3 is 0 Å². The molecule has 0 saturated carbocycles. The Hall–Kier alpha value is -3.82. The van der Waals surface area contributed by atoms with E-state index in [1.165, 1.54) is 4.90 Å². The van der Waals surface area contributed by atoms with Crippen molar-refractivity contribution in [1.82, 2.24) is 9.96 Å². The standard InChI is InChI=1S/C29H30N3O6PS/c1-3-19-39(23-13-7-4-8-14-23,24-15-9-5-10-16-24,25-17-11-6-12-18-25)38-40(35,36)37-32-27-21-31(29(32)34)26(28(30)33)20-22(27)2/h3-20,26-27H,21H2,1-2H3,(H2,30,33)/b19-3+/t26-,27-/m0/s1. The summed E-state index contributed by atoms with van der Waals surface area (Å²) < 4.78 is 40.1. The molecule has 1 fully saturated rings. The number of amides is 3. The molecule has 2 heterocycles. The van der Waals surface area contributed by atoms with Gasteiger partial charge in [-0.05, 0) is 0 Å². The summed E-state index contributed by atoms with van der Waals surface area (Å²) in [5.74, 6) is 1.08. The van der Waals surface area contributed by atoms with Crippen molar-refractivity contribution < 1.29 is 26.3 Å². The Morgan fingerprint density at radius 2 is 1.40 bits per heavy atom.